The Labute approximate surface area is 201 Å². The number of nitrogens with zero attached hydrogens (tertiary/aromatic N) is 3. The van der Waals surface area contributed by atoms with Crippen molar-refractivity contribution in [3.8, 4) is 0 Å². The largest absolute Gasteiger partial charge is 0.268 e. The van der Waals surface area contributed by atoms with Gasteiger partial charge in [-0.2, -0.15) is 4.31 Å². The van der Waals surface area contributed by atoms with E-state index in [1.165, 1.54) is 69.1 Å². The van der Waals surface area contributed by atoms with Gasteiger partial charge in [0.1, 0.15) is 5.82 Å². The number of carbonyl (C=O) groups is 1. The number of piperidine rings is 1. The third-order valence-electron chi connectivity index (χ3n) is 5.82. The fraction of sp³-hybridized carbons (Fsp3) is 0.200. The van der Waals surface area contributed by atoms with Gasteiger partial charge in [-0.1, -0.05) is 29.9 Å². The molecule has 1 aliphatic rings. The number of sulfonamides is 1. The monoisotopic (exact) mass is 495 g/mol. The first-order valence-electron chi connectivity index (χ1n) is 11.0. The molecule has 1 saturated heterocycles. The van der Waals surface area contributed by atoms with Crippen LogP contribution in [0.4, 0.5) is 15.2 Å². The normalized spacial score (nSPS) is 14.9. The summed E-state index contributed by atoms with van der Waals surface area (Å²) < 4.78 is 41.9. The number of anilines is 2. The molecule has 2 heterocycles. The topological polar surface area (TPSA) is 70.6 Å². The number of carbonyl (C=O) groups excluding carboxylic acids is 1. The minimum absolute atomic E-state index is 0.166. The summed E-state index contributed by atoms with van der Waals surface area (Å²) >= 11 is 1.35. The summed E-state index contributed by atoms with van der Waals surface area (Å²) in [7, 11) is -3.59. The van der Waals surface area contributed by atoms with Crippen molar-refractivity contribution in [1.82, 2.24) is 9.29 Å². The minimum Gasteiger partial charge on any atom is -0.268 e. The van der Waals surface area contributed by atoms with Gasteiger partial charge in [-0.05, 0) is 73.5 Å². The highest BCUT2D eigenvalue weighted by Crippen LogP contribution is 2.35. The Morgan fingerprint density at radius 1 is 0.912 bits per heavy atom. The molecule has 1 aromatic heterocycles. The molecule has 0 radical (unpaired) electrons. The lowest BCUT2D eigenvalue weighted by Crippen LogP contribution is -2.35. The van der Waals surface area contributed by atoms with Gasteiger partial charge in [0.2, 0.25) is 10.0 Å². The van der Waals surface area contributed by atoms with Crippen LogP contribution in [0, 0.1) is 5.82 Å². The molecule has 1 aliphatic heterocycles. The van der Waals surface area contributed by atoms with Gasteiger partial charge < -0.3 is 0 Å². The van der Waals surface area contributed by atoms with Crippen molar-refractivity contribution >= 4 is 48.3 Å². The van der Waals surface area contributed by atoms with Crippen molar-refractivity contribution in [2.45, 2.75) is 24.2 Å². The van der Waals surface area contributed by atoms with E-state index in [2.05, 4.69) is 4.98 Å². The second-order valence-corrected chi connectivity index (χ2v) is 11.0. The first kappa shape index (κ1) is 22.6. The summed E-state index contributed by atoms with van der Waals surface area (Å²) in [6, 6.07) is 19.2. The van der Waals surface area contributed by atoms with Crippen LogP contribution in [-0.2, 0) is 10.0 Å². The van der Waals surface area contributed by atoms with Gasteiger partial charge in [-0.25, -0.2) is 17.8 Å². The van der Waals surface area contributed by atoms with Crippen molar-refractivity contribution in [1.29, 1.82) is 0 Å². The SMILES string of the molecule is O=C(c1ccc(S(=O)(=O)N2CCCCC2)cc1)N(c1ccc(F)cc1)c1nc2ccccc2s1. The molecule has 6 nitrogen and oxygen atoms in total. The quantitative estimate of drug-likeness (QED) is 0.362. The molecule has 9 heteroatoms. The van der Waals surface area contributed by atoms with Crippen molar-refractivity contribution in [3.05, 3.63) is 84.2 Å². The van der Waals surface area contributed by atoms with Gasteiger partial charge >= 0.3 is 0 Å². The summed E-state index contributed by atoms with van der Waals surface area (Å²) in [5.74, 6) is -0.791. The Kier molecular flexibility index (Phi) is 6.16. The number of hydrogen-bond donors (Lipinski definition) is 0. The molecule has 1 amide bonds. The first-order valence-corrected chi connectivity index (χ1v) is 13.2. The lowest BCUT2D eigenvalue weighted by molar-refractivity contribution is 0.0999. The summed E-state index contributed by atoms with van der Waals surface area (Å²) in [4.78, 5) is 19.8. The summed E-state index contributed by atoms with van der Waals surface area (Å²) in [6.45, 7) is 1.03. The van der Waals surface area contributed by atoms with E-state index < -0.39 is 15.8 Å². The second kappa shape index (κ2) is 9.25. The smallest absolute Gasteiger partial charge is 0.264 e. The number of amides is 1. The van der Waals surface area contributed by atoms with E-state index in [1.54, 1.807) is 0 Å². The fourth-order valence-corrected chi connectivity index (χ4v) is 6.52. The van der Waals surface area contributed by atoms with Crippen LogP contribution in [0.25, 0.3) is 10.2 Å². The maximum Gasteiger partial charge on any atom is 0.264 e. The summed E-state index contributed by atoms with van der Waals surface area (Å²) in [6.07, 6.45) is 2.74. The molecule has 0 atom stereocenters. The van der Waals surface area contributed by atoms with Crippen LogP contribution < -0.4 is 4.90 Å². The highest BCUT2D eigenvalue weighted by Gasteiger charge is 2.27. The van der Waals surface area contributed by atoms with Crippen LogP contribution in [0.5, 0.6) is 0 Å². The molecule has 5 rings (SSSR count). The lowest BCUT2D eigenvalue weighted by Gasteiger charge is -2.26. The molecular weight excluding hydrogens is 473 g/mol. The van der Waals surface area contributed by atoms with Crippen LogP contribution in [0.3, 0.4) is 0 Å². The molecule has 0 aliphatic carbocycles. The molecule has 174 valence electrons. The summed E-state index contributed by atoms with van der Waals surface area (Å²) in [5, 5.41) is 0.447. The number of thiazole rings is 1. The fourth-order valence-electron chi connectivity index (χ4n) is 4.01. The van der Waals surface area contributed by atoms with Gasteiger partial charge in [0.25, 0.3) is 5.91 Å². The Morgan fingerprint density at radius 3 is 2.26 bits per heavy atom. The third kappa shape index (κ3) is 4.34. The number of hydrogen-bond acceptors (Lipinski definition) is 5. The van der Waals surface area contributed by atoms with Crippen molar-refractivity contribution in [2.75, 3.05) is 18.0 Å². The molecule has 0 N–H and O–H groups in total. The zero-order chi connectivity index (χ0) is 23.7. The molecule has 4 aromatic rings. The van der Waals surface area contributed by atoms with Crippen LogP contribution in [0.1, 0.15) is 29.6 Å². The Bertz CT molecular complexity index is 1400. The van der Waals surface area contributed by atoms with Crippen molar-refractivity contribution < 1.29 is 17.6 Å². The van der Waals surface area contributed by atoms with Gasteiger partial charge in [-0.15, -0.1) is 0 Å². The van der Waals surface area contributed by atoms with Crippen molar-refractivity contribution in [2.24, 2.45) is 0 Å². The number of para-hydroxylation sites is 1. The minimum atomic E-state index is -3.59. The number of fused-ring (bicyclic) bond motifs is 1. The molecular formula is C25H22FN3O3S2. The maximum atomic E-state index is 13.6. The average molecular weight is 496 g/mol. The molecule has 0 bridgehead atoms. The van der Waals surface area contributed by atoms with Gasteiger partial charge in [0, 0.05) is 18.7 Å². The van der Waals surface area contributed by atoms with E-state index >= 15 is 0 Å². The summed E-state index contributed by atoms with van der Waals surface area (Å²) in [5.41, 5.74) is 1.53. The lowest BCUT2D eigenvalue weighted by atomic mass is 10.2. The van der Waals surface area contributed by atoms with Gasteiger partial charge in [-0.3, -0.25) is 9.69 Å². The van der Waals surface area contributed by atoms with E-state index in [-0.39, 0.29) is 10.8 Å². The number of benzene rings is 3. The molecule has 0 unspecified atom stereocenters. The van der Waals surface area contributed by atoms with E-state index in [4.69, 9.17) is 0 Å². The predicted molar refractivity (Wildman–Crippen MR) is 132 cm³/mol. The Hall–Kier alpha value is -3.14. The maximum absolute atomic E-state index is 13.6. The Morgan fingerprint density at radius 2 is 1.59 bits per heavy atom. The zero-order valence-electron chi connectivity index (χ0n) is 18.2. The predicted octanol–water partition coefficient (Wildman–Crippen LogP) is 5.59. The van der Waals surface area contributed by atoms with Crippen LogP contribution in [0.15, 0.2) is 77.7 Å². The number of aromatic nitrogens is 1. The highest BCUT2D eigenvalue weighted by atomic mass is 32.2. The van der Waals surface area contributed by atoms with Gasteiger partial charge in [0.15, 0.2) is 5.13 Å². The third-order valence-corrected chi connectivity index (χ3v) is 8.75. The molecule has 34 heavy (non-hydrogen) atoms. The van der Waals surface area contributed by atoms with E-state index in [0.717, 1.165) is 29.5 Å². The number of rotatable bonds is 5. The van der Waals surface area contributed by atoms with Gasteiger partial charge in [0.05, 0.1) is 20.8 Å². The van der Waals surface area contributed by atoms with Crippen molar-refractivity contribution in [3.63, 3.8) is 0 Å². The highest BCUT2D eigenvalue weighted by molar-refractivity contribution is 7.89. The average Bonchev–Trinajstić information content (AvgIpc) is 3.29. The van der Waals surface area contributed by atoms with E-state index in [0.29, 0.717) is 29.5 Å². The molecule has 0 spiro atoms. The molecule has 1 fully saturated rings. The zero-order valence-corrected chi connectivity index (χ0v) is 19.9. The number of halogens is 1. The second-order valence-electron chi connectivity index (χ2n) is 8.07. The molecule has 0 saturated carbocycles. The van der Waals surface area contributed by atoms with E-state index in [9.17, 15) is 17.6 Å². The molecule has 3 aromatic carbocycles. The standard InChI is InChI=1S/C25H22FN3O3S2/c26-19-10-12-20(13-11-19)29(25-27-22-6-2-3-7-23(22)33-25)24(30)18-8-14-21(15-9-18)34(31,32)28-16-4-1-5-17-28/h2-3,6-15H,1,4-5,16-17H2. The van der Waals surface area contributed by atoms with Crippen LogP contribution in [0.2, 0.25) is 0 Å². The van der Waals surface area contributed by atoms with Crippen LogP contribution in [-0.4, -0.2) is 36.7 Å². The van der Waals surface area contributed by atoms with E-state index in [1.807, 2.05) is 24.3 Å². The first-order chi connectivity index (χ1) is 16.4. The van der Waals surface area contributed by atoms with Crippen LogP contribution >= 0.6 is 11.3 Å². The Balaban J connectivity index is 1.50.